The summed E-state index contributed by atoms with van der Waals surface area (Å²) in [5, 5.41) is 8.64. The summed E-state index contributed by atoms with van der Waals surface area (Å²) in [7, 11) is 3.72. The van der Waals surface area contributed by atoms with Crippen molar-refractivity contribution < 1.29 is 9.53 Å². The van der Waals surface area contributed by atoms with E-state index in [4.69, 9.17) is 9.72 Å². The zero-order valence-corrected chi connectivity index (χ0v) is 17.4. The third kappa shape index (κ3) is 3.11. The Hall–Kier alpha value is -3.34. The molecule has 0 aliphatic heterocycles. The average Bonchev–Trinajstić information content (AvgIpc) is 3.03. The maximum atomic E-state index is 12.2. The van der Waals surface area contributed by atoms with Crippen molar-refractivity contribution in [2.45, 2.75) is 44.2 Å². The van der Waals surface area contributed by atoms with Crippen LogP contribution in [0.5, 0.6) is 5.88 Å². The molecule has 3 atom stereocenters. The number of fused-ring (bicyclic) bond motifs is 2. The molecule has 3 unspecified atom stereocenters. The van der Waals surface area contributed by atoms with E-state index in [9.17, 15) is 4.79 Å². The molecule has 3 aromatic heterocycles. The highest BCUT2D eigenvalue weighted by molar-refractivity contribution is 5.93. The van der Waals surface area contributed by atoms with Gasteiger partial charge in [0.05, 0.1) is 24.3 Å². The number of hydrogen-bond acceptors (Lipinski definition) is 5. The van der Waals surface area contributed by atoms with Crippen LogP contribution in [-0.4, -0.2) is 53.9 Å². The van der Waals surface area contributed by atoms with Gasteiger partial charge in [-0.05, 0) is 38.2 Å². The van der Waals surface area contributed by atoms with E-state index in [0.29, 0.717) is 11.8 Å². The maximum absolute atomic E-state index is 12.2. The minimum absolute atomic E-state index is 0.125. The van der Waals surface area contributed by atoms with Gasteiger partial charge in [0, 0.05) is 44.2 Å². The first-order chi connectivity index (χ1) is 14.5. The van der Waals surface area contributed by atoms with Crippen LogP contribution in [0, 0.1) is 17.8 Å². The number of nitrogens with zero attached hydrogens (tertiary/aromatic N) is 6. The average molecular weight is 404 g/mol. The van der Waals surface area contributed by atoms with E-state index in [1.165, 1.54) is 0 Å². The predicted molar refractivity (Wildman–Crippen MR) is 111 cm³/mol. The molecule has 5 rings (SSSR count). The highest BCUT2D eigenvalue weighted by atomic mass is 16.5. The van der Waals surface area contributed by atoms with Crippen molar-refractivity contribution >= 4 is 11.4 Å². The molecule has 30 heavy (non-hydrogen) atoms. The Morgan fingerprint density at radius 1 is 1.30 bits per heavy atom. The molecule has 2 aliphatic rings. The molecule has 0 bridgehead atoms. The van der Waals surface area contributed by atoms with E-state index >= 15 is 0 Å². The van der Waals surface area contributed by atoms with Crippen molar-refractivity contribution in [2.24, 2.45) is 13.0 Å². The first-order valence-corrected chi connectivity index (χ1v) is 10.2. The number of rotatable bonds is 4. The Kier molecular flexibility index (Phi) is 4.28. The fraction of sp³-hybridized carbons (Fsp3) is 0.455. The van der Waals surface area contributed by atoms with Gasteiger partial charge in [0.2, 0.25) is 5.88 Å². The fourth-order valence-corrected chi connectivity index (χ4v) is 4.58. The van der Waals surface area contributed by atoms with Crippen molar-refractivity contribution in [3.05, 3.63) is 30.9 Å². The van der Waals surface area contributed by atoms with Gasteiger partial charge in [0.25, 0.3) is 5.91 Å². The Morgan fingerprint density at radius 3 is 2.93 bits per heavy atom. The molecular weight excluding hydrogens is 380 g/mol. The van der Waals surface area contributed by atoms with Gasteiger partial charge in [-0.2, -0.15) is 10.2 Å². The van der Waals surface area contributed by atoms with E-state index in [0.717, 1.165) is 42.5 Å². The van der Waals surface area contributed by atoms with Gasteiger partial charge in [0.1, 0.15) is 11.1 Å². The van der Waals surface area contributed by atoms with Crippen LogP contribution in [0.1, 0.15) is 32.6 Å². The van der Waals surface area contributed by atoms with Crippen LogP contribution >= 0.6 is 0 Å². The molecule has 0 aromatic carbocycles. The lowest BCUT2D eigenvalue weighted by Gasteiger charge is -2.34. The molecule has 2 aliphatic carbocycles. The van der Waals surface area contributed by atoms with Gasteiger partial charge in [-0.15, -0.1) is 0 Å². The van der Waals surface area contributed by atoms with Crippen LogP contribution in [0.15, 0.2) is 30.9 Å². The summed E-state index contributed by atoms with van der Waals surface area (Å²) in [6, 6.07) is 2.04. The normalized spacial score (nSPS) is 24.6. The monoisotopic (exact) mass is 404 g/mol. The summed E-state index contributed by atoms with van der Waals surface area (Å²) in [6.45, 7) is 1.69. The van der Waals surface area contributed by atoms with Crippen LogP contribution in [0.25, 0.3) is 16.8 Å². The Balaban J connectivity index is 1.44. The van der Waals surface area contributed by atoms with Gasteiger partial charge in [0.15, 0.2) is 0 Å². The predicted octanol–water partition coefficient (Wildman–Crippen LogP) is 2.30. The molecule has 2 fully saturated rings. The molecule has 2 saturated carbocycles. The number of amides is 1. The van der Waals surface area contributed by atoms with Gasteiger partial charge in [-0.3, -0.25) is 9.48 Å². The molecule has 8 heteroatoms. The van der Waals surface area contributed by atoms with Crippen LogP contribution in [0.3, 0.4) is 0 Å². The number of aromatic nitrogens is 5. The second-order valence-electron chi connectivity index (χ2n) is 8.29. The molecule has 0 saturated heterocycles. The summed E-state index contributed by atoms with van der Waals surface area (Å²) in [6.07, 6.45) is 11.2. The van der Waals surface area contributed by atoms with Crippen molar-refractivity contribution in [3.63, 3.8) is 0 Å². The van der Waals surface area contributed by atoms with E-state index in [2.05, 4.69) is 22.0 Å². The van der Waals surface area contributed by atoms with Gasteiger partial charge in [-0.1, -0.05) is 5.92 Å². The quantitative estimate of drug-likeness (QED) is 0.624. The van der Waals surface area contributed by atoms with E-state index in [-0.39, 0.29) is 17.6 Å². The van der Waals surface area contributed by atoms with Crippen molar-refractivity contribution in [3.8, 4) is 29.0 Å². The van der Waals surface area contributed by atoms with Gasteiger partial charge < -0.3 is 9.64 Å². The lowest BCUT2D eigenvalue weighted by Crippen LogP contribution is -2.43. The Morgan fingerprint density at radius 2 is 2.17 bits per heavy atom. The Bertz CT molecular complexity index is 1190. The topological polar surface area (TPSA) is 77.6 Å². The molecule has 0 spiro atoms. The first-order valence-electron chi connectivity index (χ1n) is 10.2. The van der Waals surface area contributed by atoms with E-state index < -0.39 is 0 Å². The lowest BCUT2D eigenvalue weighted by atomic mass is 9.91. The highest BCUT2D eigenvalue weighted by Gasteiger charge is 2.60. The van der Waals surface area contributed by atoms with Gasteiger partial charge >= 0.3 is 0 Å². The second-order valence-corrected chi connectivity index (χ2v) is 8.29. The molecular formula is C22H24N6O2. The molecule has 154 valence electrons. The number of hydrogen-bond donors (Lipinski definition) is 0. The molecule has 0 radical (unpaired) electrons. The molecule has 1 amide bonds. The fourth-order valence-electron chi connectivity index (χ4n) is 4.58. The highest BCUT2D eigenvalue weighted by Crippen LogP contribution is 2.57. The maximum Gasteiger partial charge on any atom is 0.298 e. The smallest absolute Gasteiger partial charge is 0.298 e. The zero-order chi connectivity index (χ0) is 20.9. The molecule has 3 heterocycles. The van der Waals surface area contributed by atoms with Crippen LogP contribution in [0.2, 0.25) is 0 Å². The minimum atomic E-state index is -0.275. The summed E-state index contributed by atoms with van der Waals surface area (Å²) >= 11 is 0. The van der Waals surface area contributed by atoms with Crippen LogP contribution < -0.4 is 4.74 Å². The second kappa shape index (κ2) is 6.87. The molecule has 0 N–H and O–H groups in total. The summed E-state index contributed by atoms with van der Waals surface area (Å²) in [5.41, 5.74) is 2.24. The van der Waals surface area contributed by atoms with Crippen LogP contribution in [0.4, 0.5) is 0 Å². The minimum Gasteiger partial charge on any atom is -0.469 e. The zero-order valence-electron chi connectivity index (χ0n) is 17.4. The first kappa shape index (κ1) is 18.7. The van der Waals surface area contributed by atoms with Crippen molar-refractivity contribution in [1.29, 1.82) is 0 Å². The molecule has 8 nitrogen and oxygen atoms in total. The lowest BCUT2D eigenvalue weighted by molar-refractivity contribution is -0.127. The number of ether oxygens (including phenoxy) is 1. The standard InChI is InChI=1S/C22H24N6O2/c1-4-5-20(29)27(3)17-7-6-16-10-22(16,11-17)30-21-19-8-9-23-28(19)14-18(25-21)15-12-24-26(2)13-15/h8-9,12-14,16-17H,6-7,10-11H2,1-3H3. The number of carbonyl (C=O) groups excluding carboxylic acids is 1. The largest absolute Gasteiger partial charge is 0.469 e. The van der Waals surface area contributed by atoms with E-state index in [1.54, 1.807) is 33.4 Å². The van der Waals surface area contributed by atoms with Crippen molar-refractivity contribution in [2.75, 3.05) is 7.05 Å². The van der Waals surface area contributed by atoms with Crippen LogP contribution in [-0.2, 0) is 11.8 Å². The SMILES string of the molecule is CC#CC(=O)N(C)C1CCC2CC2(Oc2nc(-c3cnn(C)c3)cn3nccc23)C1. The summed E-state index contributed by atoms with van der Waals surface area (Å²) in [5.74, 6) is 6.30. The summed E-state index contributed by atoms with van der Waals surface area (Å²) < 4.78 is 10.1. The van der Waals surface area contributed by atoms with Gasteiger partial charge in [-0.25, -0.2) is 9.50 Å². The third-order valence-electron chi connectivity index (χ3n) is 6.36. The third-order valence-corrected chi connectivity index (χ3v) is 6.36. The molecule has 3 aromatic rings. The Labute approximate surface area is 174 Å². The number of carbonyl (C=O) groups is 1. The number of aryl methyl sites for hydroxylation is 1. The van der Waals surface area contributed by atoms with E-state index in [1.807, 2.05) is 32.6 Å². The van der Waals surface area contributed by atoms with Crippen molar-refractivity contribution in [1.82, 2.24) is 29.3 Å². The summed E-state index contributed by atoms with van der Waals surface area (Å²) in [4.78, 5) is 18.8.